The zero-order valence-corrected chi connectivity index (χ0v) is 16.4. The number of benzene rings is 1. The highest BCUT2D eigenvalue weighted by atomic mass is 31.2. The van der Waals surface area contributed by atoms with E-state index in [1.54, 1.807) is 23.2 Å². The number of aliphatic hydroxyl groups is 2. The van der Waals surface area contributed by atoms with Crippen LogP contribution < -0.4 is 15.8 Å². The zero-order valence-electron chi connectivity index (χ0n) is 16.5. The summed E-state index contributed by atoms with van der Waals surface area (Å²) < 4.78 is 56.4. The average Bonchev–Trinajstić information content (AvgIpc) is 2.93. The zero-order chi connectivity index (χ0) is 23.3. The first-order valence-electron chi connectivity index (χ1n) is 9.25. The van der Waals surface area contributed by atoms with Crippen LogP contribution in [0.25, 0.3) is 0 Å². The molecule has 2 aromatic rings. The lowest BCUT2D eigenvalue weighted by Gasteiger charge is -2.28. The third-order valence-corrected chi connectivity index (χ3v) is 5.89. The SMILES string of the molecule is [2H][C@@]1(n2cc(C=O)c(=O)[nH]c2=O)O[C@](F)(COP2(=O)OCc3ccccc3O2)[C@@H](O)[C@H]1O. The number of aliphatic hydroxyl groups excluding tert-OH is 2. The minimum atomic E-state index is -4.37. The molecule has 1 aromatic heterocycles. The van der Waals surface area contributed by atoms with Crippen LogP contribution in [-0.4, -0.2) is 50.7 Å². The highest BCUT2D eigenvalue weighted by Gasteiger charge is 2.57. The van der Waals surface area contributed by atoms with Crippen molar-refractivity contribution in [2.24, 2.45) is 0 Å². The number of hydrogen-bond donors (Lipinski definition) is 3. The first kappa shape index (κ1) is 20.2. The van der Waals surface area contributed by atoms with Crippen molar-refractivity contribution < 1.29 is 43.6 Å². The van der Waals surface area contributed by atoms with Crippen LogP contribution in [0.2, 0.25) is 0 Å². The summed E-state index contributed by atoms with van der Waals surface area (Å²) in [6.07, 6.45) is -7.26. The number of aromatic amines is 1. The molecule has 5 atom stereocenters. The summed E-state index contributed by atoms with van der Waals surface area (Å²) in [4.78, 5) is 36.3. The van der Waals surface area contributed by atoms with E-state index in [4.69, 9.17) is 19.7 Å². The van der Waals surface area contributed by atoms with E-state index in [9.17, 15) is 29.2 Å². The van der Waals surface area contributed by atoms with Crippen LogP contribution in [0.15, 0.2) is 40.1 Å². The van der Waals surface area contributed by atoms with Gasteiger partial charge in [-0.15, -0.1) is 0 Å². The van der Waals surface area contributed by atoms with Gasteiger partial charge in [-0.2, -0.15) is 0 Å². The fourth-order valence-electron chi connectivity index (χ4n) is 2.94. The van der Waals surface area contributed by atoms with E-state index in [1.165, 1.54) is 6.07 Å². The number of nitrogens with one attached hydrogen (secondary N) is 1. The van der Waals surface area contributed by atoms with E-state index in [2.05, 4.69) is 0 Å². The number of para-hydroxylation sites is 1. The molecule has 12 nitrogen and oxygen atoms in total. The molecule has 0 radical (unpaired) electrons. The van der Waals surface area contributed by atoms with E-state index in [-0.39, 0.29) is 23.2 Å². The molecular formula is C17H16FN2O10P. The van der Waals surface area contributed by atoms with Gasteiger partial charge in [0.05, 0.1) is 13.5 Å². The molecule has 0 amide bonds. The predicted octanol–water partition coefficient (Wildman–Crippen LogP) is -0.000600. The molecule has 4 rings (SSSR count). The molecule has 3 N–H and O–H groups in total. The highest BCUT2D eigenvalue weighted by molar-refractivity contribution is 7.49. The van der Waals surface area contributed by atoms with Crippen molar-refractivity contribution in [3.05, 3.63) is 62.4 Å². The molecule has 0 aliphatic carbocycles. The number of nitrogens with zero attached hydrogens (tertiary/aromatic N) is 1. The number of phosphoric ester groups is 1. The van der Waals surface area contributed by atoms with Gasteiger partial charge < -0.3 is 19.5 Å². The summed E-state index contributed by atoms with van der Waals surface area (Å²) in [5, 5.41) is 20.4. The summed E-state index contributed by atoms with van der Waals surface area (Å²) in [6, 6.07) is 6.40. The Morgan fingerprint density at radius 3 is 2.90 bits per heavy atom. The van der Waals surface area contributed by atoms with Gasteiger partial charge in [-0.3, -0.25) is 28.2 Å². The van der Waals surface area contributed by atoms with Crippen molar-refractivity contribution in [1.82, 2.24) is 9.55 Å². The lowest BCUT2D eigenvalue weighted by molar-refractivity contribution is -0.205. The first-order valence-corrected chi connectivity index (χ1v) is 10.2. The van der Waals surface area contributed by atoms with Crippen molar-refractivity contribution in [2.75, 3.05) is 6.61 Å². The van der Waals surface area contributed by atoms with Gasteiger partial charge in [0.25, 0.3) is 11.4 Å². The Balaban J connectivity index is 1.59. The number of H-pyrrole nitrogens is 1. The number of aldehydes is 1. The third kappa shape index (κ3) is 3.87. The Morgan fingerprint density at radius 1 is 1.42 bits per heavy atom. The normalized spacial score (nSPS) is 35.1. The number of aromatic nitrogens is 2. The van der Waals surface area contributed by atoms with E-state index < -0.39 is 55.5 Å². The van der Waals surface area contributed by atoms with Gasteiger partial charge >= 0.3 is 13.5 Å². The number of carbonyl (C=O) groups is 1. The molecule has 1 saturated heterocycles. The number of ether oxygens (including phenoxy) is 1. The minimum absolute atomic E-state index is 0.0585. The predicted molar refractivity (Wildman–Crippen MR) is 98.1 cm³/mol. The van der Waals surface area contributed by atoms with Crippen molar-refractivity contribution in [3.8, 4) is 5.75 Å². The maximum Gasteiger partial charge on any atom is 0.530 e. The second kappa shape index (κ2) is 7.79. The maximum atomic E-state index is 15.4. The van der Waals surface area contributed by atoms with Crippen molar-refractivity contribution >= 4 is 14.1 Å². The molecule has 166 valence electrons. The second-order valence-electron chi connectivity index (χ2n) is 6.64. The lowest BCUT2D eigenvalue weighted by atomic mass is 10.1. The largest absolute Gasteiger partial charge is 0.530 e. The molecule has 31 heavy (non-hydrogen) atoms. The minimum Gasteiger partial charge on any atom is -0.404 e. The molecule has 0 bridgehead atoms. The molecule has 3 heterocycles. The summed E-state index contributed by atoms with van der Waals surface area (Å²) >= 11 is 0. The van der Waals surface area contributed by atoms with Gasteiger partial charge in [0.15, 0.2) is 12.5 Å². The Hall–Kier alpha value is -2.67. The topological polar surface area (TPSA) is 166 Å². The molecule has 1 fully saturated rings. The molecule has 2 aliphatic rings. The van der Waals surface area contributed by atoms with Gasteiger partial charge in [-0.25, -0.2) is 13.8 Å². The van der Waals surface area contributed by atoms with Crippen LogP contribution in [0.3, 0.4) is 0 Å². The highest BCUT2D eigenvalue weighted by Crippen LogP contribution is 2.55. The molecule has 2 aliphatic heterocycles. The summed E-state index contributed by atoms with van der Waals surface area (Å²) in [5.74, 6) is -3.20. The summed E-state index contributed by atoms with van der Waals surface area (Å²) in [7, 11) is -4.37. The van der Waals surface area contributed by atoms with Crippen molar-refractivity contribution in [2.45, 2.75) is 30.9 Å². The van der Waals surface area contributed by atoms with Gasteiger partial charge in [-0.1, -0.05) is 18.2 Å². The average molecular weight is 459 g/mol. The van der Waals surface area contributed by atoms with Gasteiger partial charge in [0, 0.05) is 11.8 Å². The number of fused-ring (bicyclic) bond motifs is 1. The Labute approximate surface area is 173 Å². The van der Waals surface area contributed by atoms with Crippen LogP contribution in [0, 0.1) is 0 Å². The van der Waals surface area contributed by atoms with Crippen LogP contribution >= 0.6 is 7.82 Å². The van der Waals surface area contributed by atoms with Crippen LogP contribution in [-0.2, 0) is 25.0 Å². The molecule has 0 spiro atoms. The number of carbonyl (C=O) groups excluding carboxylic acids is 1. The number of halogens is 1. The lowest BCUT2D eigenvalue weighted by Crippen LogP contribution is -2.43. The van der Waals surface area contributed by atoms with Crippen molar-refractivity contribution in [1.29, 1.82) is 0 Å². The van der Waals surface area contributed by atoms with Crippen LogP contribution in [0.1, 0.15) is 23.5 Å². The second-order valence-corrected chi connectivity index (χ2v) is 8.23. The van der Waals surface area contributed by atoms with Gasteiger partial charge in [0.2, 0.25) is 0 Å². The van der Waals surface area contributed by atoms with Crippen LogP contribution in [0.5, 0.6) is 5.75 Å². The fraction of sp³-hybridized carbons (Fsp3) is 0.353. The number of phosphoric acid groups is 1. The maximum absolute atomic E-state index is 15.4. The molecule has 14 heteroatoms. The van der Waals surface area contributed by atoms with Gasteiger partial charge in [0.1, 0.15) is 24.6 Å². The van der Waals surface area contributed by atoms with E-state index >= 15 is 4.39 Å². The number of hydrogen-bond acceptors (Lipinski definition) is 10. The Kier molecular flexibility index (Phi) is 5.08. The van der Waals surface area contributed by atoms with E-state index in [0.717, 1.165) is 0 Å². The van der Waals surface area contributed by atoms with Crippen LogP contribution in [0.4, 0.5) is 4.39 Å². The monoisotopic (exact) mass is 459 g/mol. The van der Waals surface area contributed by atoms with E-state index in [0.29, 0.717) is 11.8 Å². The number of alkyl halides is 1. The van der Waals surface area contributed by atoms with E-state index in [1.807, 2.05) is 0 Å². The quantitative estimate of drug-likeness (QED) is 0.409. The van der Waals surface area contributed by atoms with Crippen molar-refractivity contribution in [3.63, 3.8) is 0 Å². The summed E-state index contributed by atoms with van der Waals surface area (Å²) in [6.45, 7) is -1.51. The fourth-order valence-corrected chi connectivity index (χ4v) is 4.17. The molecule has 1 aromatic carbocycles. The molecule has 1 unspecified atom stereocenters. The molecule has 0 saturated carbocycles. The molecular weight excluding hydrogens is 442 g/mol. The van der Waals surface area contributed by atoms with Gasteiger partial charge in [-0.05, 0) is 6.07 Å². The Morgan fingerprint density at radius 2 is 2.16 bits per heavy atom. The summed E-state index contributed by atoms with van der Waals surface area (Å²) in [5.41, 5.74) is -2.48. The smallest absolute Gasteiger partial charge is 0.404 e. The third-order valence-electron chi connectivity index (χ3n) is 4.58. The number of rotatable bonds is 5. The Bertz CT molecular complexity index is 1240. The first-order chi connectivity index (χ1) is 15.0. The standard InChI is InChI=1S/C17H16FN2O10P/c18-17(8-28-31(26)27-7-9-3-1-2-4-11(9)30-31)13(23)12(22)15(29-17)20-5-10(6-21)14(24)19-16(20)25/h1-6,12-13,15,22-23H,7-8H2,(H,19,24,25)/t12-,13+,15-,17-,31?/m1/s1/i15D.